The Labute approximate surface area is 158 Å². The van der Waals surface area contributed by atoms with Crippen molar-refractivity contribution in [3.63, 3.8) is 0 Å². The van der Waals surface area contributed by atoms with Crippen LogP contribution in [0.5, 0.6) is 0 Å². The molecule has 0 unspecified atom stereocenters. The van der Waals surface area contributed by atoms with Gasteiger partial charge in [-0.1, -0.05) is 23.2 Å². The van der Waals surface area contributed by atoms with Gasteiger partial charge in [-0.25, -0.2) is 4.79 Å². The van der Waals surface area contributed by atoms with Crippen LogP contribution in [0.15, 0.2) is 30.3 Å². The van der Waals surface area contributed by atoms with Gasteiger partial charge in [-0.3, -0.25) is 14.9 Å². The van der Waals surface area contributed by atoms with E-state index >= 15 is 0 Å². The number of nitro groups is 1. The molecule has 26 heavy (non-hydrogen) atoms. The van der Waals surface area contributed by atoms with Crippen LogP contribution >= 0.6 is 23.2 Å². The van der Waals surface area contributed by atoms with Crippen molar-refractivity contribution in [2.24, 2.45) is 0 Å². The lowest BCUT2D eigenvalue weighted by atomic mass is 10.1. The number of nitro benzene ring substituents is 1. The maximum absolute atomic E-state index is 12.4. The summed E-state index contributed by atoms with van der Waals surface area (Å²) in [6.45, 7) is 1.68. The van der Waals surface area contributed by atoms with Crippen molar-refractivity contribution in [1.29, 1.82) is 0 Å². The molecule has 0 spiro atoms. The summed E-state index contributed by atoms with van der Waals surface area (Å²) in [5, 5.41) is 13.8. The van der Waals surface area contributed by atoms with Crippen LogP contribution in [0.1, 0.15) is 27.6 Å². The van der Waals surface area contributed by atoms with E-state index in [9.17, 15) is 19.7 Å². The number of nitrogens with two attached hydrogens (primary N) is 1. The van der Waals surface area contributed by atoms with Gasteiger partial charge < -0.3 is 15.8 Å². The standard InChI is InChI=1S/C16H13Cl2N3O5/c1-2-26-16(23)9-3-8(4-11(5-9)21(24)25)15(22)20-10-6-12(17)14(19)13(18)7-10/h3-7H,2,19H2,1H3,(H,20,22). The molecular formula is C16H13Cl2N3O5. The first kappa shape index (κ1) is 19.5. The molecule has 3 N–H and O–H groups in total. The van der Waals surface area contributed by atoms with Gasteiger partial charge in [-0.15, -0.1) is 0 Å². The van der Waals surface area contributed by atoms with Crippen LogP contribution in [-0.2, 0) is 4.74 Å². The maximum Gasteiger partial charge on any atom is 0.338 e. The minimum atomic E-state index is -0.774. The Bertz CT molecular complexity index is 878. The number of carbonyl (C=O) groups is 2. The normalized spacial score (nSPS) is 10.3. The van der Waals surface area contributed by atoms with Crippen LogP contribution in [0.2, 0.25) is 10.0 Å². The number of benzene rings is 2. The quantitative estimate of drug-likeness (QED) is 0.341. The number of hydrogen-bond donors (Lipinski definition) is 2. The van der Waals surface area contributed by atoms with E-state index in [1.807, 2.05) is 0 Å². The summed E-state index contributed by atoms with van der Waals surface area (Å²) >= 11 is 11.8. The second kappa shape index (κ2) is 8.03. The second-order valence-corrected chi connectivity index (χ2v) is 5.87. The Morgan fingerprint density at radius 1 is 1.15 bits per heavy atom. The lowest BCUT2D eigenvalue weighted by molar-refractivity contribution is -0.384. The van der Waals surface area contributed by atoms with Crippen molar-refractivity contribution in [2.45, 2.75) is 6.92 Å². The summed E-state index contributed by atoms with van der Waals surface area (Å²) in [6, 6.07) is 6.03. The first-order valence-electron chi connectivity index (χ1n) is 7.25. The summed E-state index contributed by atoms with van der Waals surface area (Å²) in [5.41, 5.74) is 5.38. The molecule has 0 atom stereocenters. The van der Waals surface area contributed by atoms with E-state index in [0.29, 0.717) is 0 Å². The Morgan fingerprint density at radius 2 is 1.73 bits per heavy atom. The molecule has 0 bridgehead atoms. The number of ether oxygens (including phenoxy) is 1. The molecule has 0 fully saturated rings. The third kappa shape index (κ3) is 4.41. The van der Waals surface area contributed by atoms with Crippen LogP contribution in [0.3, 0.4) is 0 Å². The molecule has 0 heterocycles. The fourth-order valence-electron chi connectivity index (χ4n) is 2.04. The van der Waals surface area contributed by atoms with Crippen molar-refractivity contribution in [1.82, 2.24) is 0 Å². The van der Waals surface area contributed by atoms with Crippen molar-refractivity contribution in [2.75, 3.05) is 17.7 Å². The van der Waals surface area contributed by atoms with Crippen molar-refractivity contribution >= 4 is 52.1 Å². The Hall–Kier alpha value is -2.84. The van der Waals surface area contributed by atoms with Gasteiger partial charge in [0, 0.05) is 23.4 Å². The highest BCUT2D eigenvalue weighted by Crippen LogP contribution is 2.31. The number of halogens is 2. The van der Waals surface area contributed by atoms with Crippen molar-refractivity contribution in [3.8, 4) is 0 Å². The van der Waals surface area contributed by atoms with E-state index in [1.54, 1.807) is 6.92 Å². The average molecular weight is 398 g/mol. The predicted molar refractivity (Wildman–Crippen MR) is 97.9 cm³/mol. The number of esters is 1. The zero-order valence-electron chi connectivity index (χ0n) is 13.4. The molecular weight excluding hydrogens is 385 g/mol. The van der Waals surface area contributed by atoms with Crippen LogP contribution in [0, 0.1) is 10.1 Å². The molecule has 8 nitrogen and oxygen atoms in total. The number of amides is 1. The molecule has 2 aromatic carbocycles. The first-order valence-corrected chi connectivity index (χ1v) is 8.01. The van der Waals surface area contributed by atoms with Crippen LogP contribution in [-0.4, -0.2) is 23.4 Å². The Morgan fingerprint density at radius 3 is 2.27 bits per heavy atom. The number of nitrogens with one attached hydrogen (secondary N) is 1. The van der Waals surface area contributed by atoms with Gasteiger partial charge in [-0.2, -0.15) is 0 Å². The molecule has 0 radical (unpaired) electrons. The lowest BCUT2D eigenvalue weighted by Crippen LogP contribution is -2.14. The highest BCUT2D eigenvalue weighted by molar-refractivity contribution is 6.39. The van der Waals surface area contributed by atoms with Crippen LogP contribution < -0.4 is 11.1 Å². The van der Waals surface area contributed by atoms with E-state index in [2.05, 4.69) is 5.32 Å². The zero-order chi connectivity index (χ0) is 19.4. The van der Waals surface area contributed by atoms with Gasteiger partial charge in [0.1, 0.15) is 0 Å². The summed E-state index contributed by atoms with van der Waals surface area (Å²) < 4.78 is 4.82. The van der Waals surface area contributed by atoms with Crippen molar-refractivity contribution < 1.29 is 19.2 Å². The number of rotatable bonds is 5. The van der Waals surface area contributed by atoms with Gasteiger partial charge in [0.05, 0.1) is 32.8 Å². The van der Waals surface area contributed by atoms with Crippen molar-refractivity contribution in [3.05, 3.63) is 61.6 Å². The van der Waals surface area contributed by atoms with Crippen LogP contribution in [0.25, 0.3) is 0 Å². The molecule has 10 heteroatoms. The molecule has 0 saturated heterocycles. The topological polar surface area (TPSA) is 125 Å². The molecule has 136 valence electrons. The third-order valence-electron chi connectivity index (χ3n) is 3.24. The summed E-state index contributed by atoms with van der Waals surface area (Å²) in [7, 11) is 0. The molecule has 2 rings (SSSR count). The van der Waals surface area contributed by atoms with Gasteiger partial charge in [0.2, 0.25) is 0 Å². The fraction of sp³-hybridized carbons (Fsp3) is 0.125. The lowest BCUT2D eigenvalue weighted by Gasteiger charge is -2.09. The molecule has 1 amide bonds. The Kier molecular flexibility index (Phi) is 6.01. The summed E-state index contributed by atoms with van der Waals surface area (Å²) in [6.07, 6.45) is 0. The van der Waals surface area contributed by atoms with E-state index in [1.165, 1.54) is 18.2 Å². The fourth-order valence-corrected chi connectivity index (χ4v) is 2.53. The largest absolute Gasteiger partial charge is 0.462 e. The smallest absolute Gasteiger partial charge is 0.338 e. The van der Waals surface area contributed by atoms with Gasteiger partial charge in [0.25, 0.3) is 11.6 Å². The number of nitrogen functional groups attached to an aromatic ring is 1. The highest BCUT2D eigenvalue weighted by atomic mass is 35.5. The number of nitrogens with zero attached hydrogens (tertiary/aromatic N) is 1. The minimum Gasteiger partial charge on any atom is -0.462 e. The molecule has 0 aliphatic heterocycles. The van der Waals surface area contributed by atoms with E-state index in [0.717, 1.165) is 12.1 Å². The minimum absolute atomic E-state index is 0.0888. The molecule has 0 saturated carbocycles. The maximum atomic E-state index is 12.4. The third-order valence-corrected chi connectivity index (χ3v) is 3.86. The molecule has 0 aliphatic rings. The zero-order valence-corrected chi connectivity index (χ0v) is 14.9. The van der Waals surface area contributed by atoms with Gasteiger partial charge in [-0.05, 0) is 25.1 Å². The molecule has 0 aromatic heterocycles. The number of hydrogen-bond acceptors (Lipinski definition) is 6. The average Bonchev–Trinajstić information content (AvgIpc) is 2.59. The Balaban J connectivity index is 2.38. The van der Waals surface area contributed by atoms with E-state index in [-0.39, 0.29) is 39.2 Å². The number of non-ortho nitro benzene ring substituents is 1. The second-order valence-electron chi connectivity index (χ2n) is 5.05. The van der Waals surface area contributed by atoms with Crippen LogP contribution in [0.4, 0.5) is 17.1 Å². The highest BCUT2D eigenvalue weighted by Gasteiger charge is 2.19. The summed E-state index contributed by atoms with van der Waals surface area (Å²) in [4.78, 5) is 34.6. The van der Waals surface area contributed by atoms with E-state index < -0.39 is 22.5 Å². The first-order chi connectivity index (χ1) is 12.2. The molecule has 0 aliphatic carbocycles. The summed E-state index contributed by atoms with van der Waals surface area (Å²) in [5.74, 6) is -1.47. The predicted octanol–water partition coefficient (Wildman–Crippen LogP) is 3.91. The van der Waals surface area contributed by atoms with Gasteiger partial charge in [0.15, 0.2) is 0 Å². The number of anilines is 2. The SMILES string of the molecule is CCOC(=O)c1cc(C(=O)Nc2cc(Cl)c(N)c(Cl)c2)cc([N+](=O)[O-])c1. The molecule has 2 aromatic rings. The van der Waals surface area contributed by atoms with E-state index in [4.69, 9.17) is 33.7 Å². The van der Waals surface area contributed by atoms with Gasteiger partial charge >= 0.3 is 5.97 Å². The number of carbonyl (C=O) groups excluding carboxylic acids is 2. The monoisotopic (exact) mass is 397 g/mol.